The normalized spacial score (nSPS) is 15.4. The molecule has 10 nitrogen and oxygen atoms in total. The number of aromatic nitrogens is 2. The van der Waals surface area contributed by atoms with E-state index < -0.39 is 28.9 Å². The van der Waals surface area contributed by atoms with Gasteiger partial charge in [-0.05, 0) is 55.5 Å². The Balaban J connectivity index is 1.41. The first-order chi connectivity index (χ1) is 19.4. The maximum absolute atomic E-state index is 13.5. The molecule has 0 bridgehead atoms. The van der Waals surface area contributed by atoms with Crippen molar-refractivity contribution in [3.05, 3.63) is 97.7 Å². The van der Waals surface area contributed by atoms with Crippen molar-refractivity contribution in [2.45, 2.75) is 32.6 Å². The summed E-state index contributed by atoms with van der Waals surface area (Å²) in [5, 5.41) is 17.1. The van der Waals surface area contributed by atoms with Gasteiger partial charge in [0.2, 0.25) is 5.88 Å². The highest BCUT2D eigenvalue weighted by Gasteiger charge is 2.34. The van der Waals surface area contributed by atoms with Crippen molar-refractivity contribution in [3.8, 4) is 11.6 Å². The maximum atomic E-state index is 13.5. The fourth-order valence-electron chi connectivity index (χ4n) is 5.61. The zero-order chi connectivity index (χ0) is 28.0. The molecular weight excluding hydrogens is 510 g/mol. The summed E-state index contributed by atoms with van der Waals surface area (Å²) in [5.41, 5.74) is 0.710. The Kier molecular flexibility index (Phi) is 6.30. The molecule has 0 unspecified atom stereocenters. The molecular formula is C30H27N5O5. The Morgan fingerprint density at radius 2 is 1.60 bits per heavy atom. The second-order valence-electron chi connectivity index (χ2n) is 9.89. The van der Waals surface area contributed by atoms with Crippen LogP contribution in [0.2, 0.25) is 0 Å². The molecule has 3 aromatic carbocycles. The number of hydrazone groups is 1. The summed E-state index contributed by atoms with van der Waals surface area (Å²) in [5.74, 6) is -1.93. The van der Waals surface area contributed by atoms with Crippen molar-refractivity contribution < 1.29 is 14.7 Å². The van der Waals surface area contributed by atoms with E-state index in [4.69, 9.17) is 0 Å². The van der Waals surface area contributed by atoms with Gasteiger partial charge < -0.3 is 10.0 Å². The lowest BCUT2D eigenvalue weighted by Crippen LogP contribution is -2.37. The predicted molar refractivity (Wildman–Crippen MR) is 152 cm³/mol. The van der Waals surface area contributed by atoms with Crippen molar-refractivity contribution in [1.29, 1.82) is 0 Å². The number of aryl methyl sites for hydroxylation is 1. The third-order valence-corrected chi connectivity index (χ3v) is 7.60. The molecule has 40 heavy (non-hydrogen) atoms. The van der Waals surface area contributed by atoms with E-state index in [0.29, 0.717) is 33.6 Å². The van der Waals surface area contributed by atoms with Gasteiger partial charge in [-0.2, -0.15) is 10.1 Å². The topological polar surface area (TPSA) is 128 Å². The molecule has 0 spiro atoms. The average molecular weight is 538 g/mol. The largest absolute Gasteiger partial charge is 0.493 e. The number of anilines is 1. The Morgan fingerprint density at radius 3 is 2.35 bits per heavy atom. The monoisotopic (exact) mass is 537 g/mol. The van der Waals surface area contributed by atoms with E-state index in [2.05, 4.69) is 15.0 Å². The molecule has 1 aromatic heterocycles. The smallest absolute Gasteiger partial charge is 0.335 e. The van der Waals surface area contributed by atoms with Crippen LogP contribution in [0.25, 0.3) is 16.5 Å². The van der Waals surface area contributed by atoms with Gasteiger partial charge in [-0.1, -0.05) is 37.3 Å². The second-order valence-corrected chi connectivity index (χ2v) is 9.89. The van der Waals surface area contributed by atoms with E-state index in [1.165, 1.54) is 6.42 Å². The second kappa shape index (κ2) is 9.96. The highest BCUT2D eigenvalue weighted by molar-refractivity contribution is 6.26. The Bertz CT molecular complexity index is 1810. The minimum Gasteiger partial charge on any atom is -0.493 e. The number of hydrogen-bond donors (Lipinski definition) is 2. The van der Waals surface area contributed by atoms with E-state index in [9.17, 15) is 24.3 Å². The molecule has 0 radical (unpaired) electrons. The number of piperidine rings is 1. The Hall–Kier alpha value is -4.99. The van der Waals surface area contributed by atoms with Crippen LogP contribution in [-0.2, 0) is 6.42 Å². The lowest BCUT2D eigenvalue weighted by atomic mass is 9.93. The van der Waals surface area contributed by atoms with Crippen molar-refractivity contribution >= 4 is 34.5 Å². The number of carbonyl (C=O) groups excluding carboxylic acids is 2. The van der Waals surface area contributed by atoms with Gasteiger partial charge in [0.15, 0.2) is 0 Å². The SMILES string of the molecule is CCc1ccccc1-n1c(O)c(C=NN2C(=O)c3cccc4c(N5CCCCC5)ccc(c34)C2=O)c(=O)[nH]c1=O. The molecule has 2 aliphatic rings. The first-order valence-corrected chi connectivity index (χ1v) is 13.3. The molecule has 4 aromatic rings. The predicted octanol–water partition coefficient (Wildman–Crippen LogP) is 3.57. The number of benzene rings is 3. The zero-order valence-electron chi connectivity index (χ0n) is 21.9. The van der Waals surface area contributed by atoms with Crippen molar-refractivity contribution in [1.82, 2.24) is 14.6 Å². The van der Waals surface area contributed by atoms with E-state index >= 15 is 0 Å². The molecule has 0 atom stereocenters. The van der Waals surface area contributed by atoms with E-state index in [-0.39, 0.29) is 5.56 Å². The van der Waals surface area contributed by atoms with Gasteiger partial charge in [-0.3, -0.25) is 19.4 Å². The fraction of sp³-hybridized carbons (Fsp3) is 0.233. The molecule has 2 aliphatic heterocycles. The van der Waals surface area contributed by atoms with Gasteiger partial charge in [0.1, 0.15) is 5.56 Å². The first kappa shape index (κ1) is 25.3. The number of imide groups is 1. The number of hydrogen-bond acceptors (Lipinski definition) is 7. The zero-order valence-corrected chi connectivity index (χ0v) is 21.9. The molecule has 202 valence electrons. The van der Waals surface area contributed by atoms with Gasteiger partial charge in [0.05, 0.1) is 23.0 Å². The van der Waals surface area contributed by atoms with Crippen LogP contribution in [0, 0.1) is 0 Å². The van der Waals surface area contributed by atoms with E-state index in [0.717, 1.165) is 53.3 Å². The van der Waals surface area contributed by atoms with Crippen LogP contribution in [0.1, 0.15) is 58.0 Å². The van der Waals surface area contributed by atoms with Crippen LogP contribution in [0.5, 0.6) is 5.88 Å². The highest BCUT2D eigenvalue weighted by Crippen LogP contribution is 2.37. The summed E-state index contributed by atoms with van der Waals surface area (Å²) in [6, 6.07) is 15.9. The van der Waals surface area contributed by atoms with Crippen LogP contribution in [-0.4, -0.2) is 50.8 Å². The third kappa shape index (κ3) is 4.00. The first-order valence-electron chi connectivity index (χ1n) is 13.3. The van der Waals surface area contributed by atoms with E-state index in [1.54, 1.807) is 42.5 Å². The standard InChI is InChI=1S/C30H27N5O5/c1-2-18-9-4-5-12-23(18)34-27(37)22(26(36)32-30(34)40)17-31-35-28(38)20-11-8-10-19-24(33-15-6-3-7-16-33)14-13-21(25(19)20)29(35)39/h4-5,8-14,17,37H,2-3,6-7,15-16H2,1H3,(H,32,36,40). The number of nitrogens with zero attached hydrogens (tertiary/aromatic N) is 4. The van der Waals surface area contributed by atoms with Crippen molar-refractivity contribution in [2.24, 2.45) is 5.10 Å². The Labute approximate surface area is 228 Å². The number of aromatic amines is 1. The van der Waals surface area contributed by atoms with Gasteiger partial charge in [0, 0.05) is 29.5 Å². The summed E-state index contributed by atoms with van der Waals surface area (Å²) in [6.45, 7) is 3.73. The summed E-state index contributed by atoms with van der Waals surface area (Å²) < 4.78 is 0.972. The van der Waals surface area contributed by atoms with E-state index in [1.807, 2.05) is 19.1 Å². The van der Waals surface area contributed by atoms with Crippen molar-refractivity contribution in [2.75, 3.05) is 18.0 Å². The van der Waals surface area contributed by atoms with Gasteiger partial charge in [0.25, 0.3) is 17.4 Å². The minimum absolute atomic E-state index is 0.322. The molecule has 0 saturated carbocycles. The third-order valence-electron chi connectivity index (χ3n) is 7.60. The number of aromatic hydroxyl groups is 1. The molecule has 10 heteroatoms. The molecule has 2 N–H and O–H groups in total. The van der Waals surface area contributed by atoms with Crippen LogP contribution >= 0.6 is 0 Å². The lowest BCUT2D eigenvalue weighted by Gasteiger charge is -2.31. The summed E-state index contributed by atoms with van der Waals surface area (Å²) in [7, 11) is 0. The van der Waals surface area contributed by atoms with Crippen LogP contribution in [0.15, 0.2) is 69.3 Å². The van der Waals surface area contributed by atoms with Crippen molar-refractivity contribution in [3.63, 3.8) is 0 Å². The molecule has 2 amide bonds. The van der Waals surface area contributed by atoms with Gasteiger partial charge >= 0.3 is 5.69 Å². The number of rotatable bonds is 5. The highest BCUT2D eigenvalue weighted by atomic mass is 16.3. The average Bonchev–Trinajstić information content (AvgIpc) is 2.97. The lowest BCUT2D eigenvalue weighted by molar-refractivity contribution is 0.0616. The molecule has 6 rings (SSSR count). The number of para-hydroxylation sites is 1. The maximum Gasteiger partial charge on any atom is 0.335 e. The van der Waals surface area contributed by atoms with Crippen LogP contribution in [0.4, 0.5) is 5.69 Å². The summed E-state index contributed by atoms with van der Waals surface area (Å²) >= 11 is 0. The quantitative estimate of drug-likeness (QED) is 0.296. The van der Waals surface area contributed by atoms with Crippen LogP contribution in [0.3, 0.4) is 0 Å². The number of amides is 2. The number of carbonyl (C=O) groups is 2. The number of nitrogens with one attached hydrogen (secondary N) is 1. The molecule has 0 aliphatic carbocycles. The van der Waals surface area contributed by atoms with Crippen LogP contribution < -0.4 is 16.1 Å². The summed E-state index contributed by atoms with van der Waals surface area (Å²) in [6.07, 6.45) is 4.87. The van der Waals surface area contributed by atoms with Gasteiger partial charge in [-0.25, -0.2) is 9.36 Å². The van der Waals surface area contributed by atoms with Gasteiger partial charge in [-0.15, -0.1) is 0 Å². The molecule has 1 fully saturated rings. The molecule has 1 saturated heterocycles. The fourth-order valence-corrected chi connectivity index (χ4v) is 5.61. The number of H-pyrrole nitrogens is 1. The summed E-state index contributed by atoms with van der Waals surface area (Å²) in [4.78, 5) is 56.8. The molecule has 3 heterocycles. The minimum atomic E-state index is -0.901. The Morgan fingerprint density at radius 1 is 0.875 bits per heavy atom.